The first-order chi connectivity index (χ1) is 18.0. The molecule has 1 amide bonds. The molecule has 1 heterocycles. The zero-order valence-corrected chi connectivity index (χ0v) is 20.8. The minimum atomic E-state index is -0.517. The molecule has 0 unspecified atom stereocenters. The molecule has 1 aromatic heterocycles. The molecule has 3 aromatic carbocycles. The molecule has 7 heteroatoms. The van der Waals surface area contributed by atoms with Gasteiger partial charge in [-0.25, -0.2) is 4.98 Å². The molecule has 0 aliphatic heterocycles. The summed E-state index contributed by atoms with van der Waals surface area (Å²) < 4.78 is 6.81. The van der Waals surface area contributed by atoms with Crippen LogP contribution in [0.15, 0.2) is 77.6 Å². The van der Waals surface area contributed by atoms with E-state index in [-0.39, 0.29) is 37.0 Å². The number of aromatic nitrogens is 2. The van der Waals surface area contributed by atoms with Crippen LogP contribution in [0.2, 0.25) is 0 Å². The van der Waals surface area contributed by atoms with Gasteiger partial charge in [-0.3, -0.25) is 19.0 Å². The smallest absolute Gasteiger partial charge is 0.306 e. The van der Waals surface area contributed by atoms with Crippen molar-refractivity contribution in [3.63, 3.8) is 0 Å². The Kier molecular flexibility index (Phi) is 7.12. The third-order valence-corrected chi connectivity index (χ3v) is 6.76. The average Bonchev–Trinajstić information content (AvgIpc) is 2.92. The molecule has 1 aliphatic carbocycles. The fraction of sp³-hybridized carbons (Fsp3) is 0.267. The molecule has 1 N–H and O–H groups in total. The van der Waals surface area contributed by atoms with E-state index in [1.54, 1.807) is 22.8 Å². The lowest BCUT2D eigenvalue weighted by Gasteiger charge is -2.26. The van der Waals surface area contributed by atoms with Gasteiger partial charge in [-0.05, 0) is 61.6 Å². The minimum absolute atomic E-state index is 0.00379. The van der Waals surface area contributed by atoms with E-state index in [9.17, 15) is 14.4 Å². The van der Waals surface area contributed by atoms with E-state index in [1.807, 2.05) is 55.5 Å². The summed E-state index contributed by atoms with van der Waals surface area (Å²) in [5.41, 5.74) is 4.52. The number of fused-ring (bicyclic) bond motifs is 2. The fourth-order valence-corrected chi connectivity index (χ4v) is 4.88. The van der Waals surface area contributed by atoms with Gasteiger partial charge in [0.1, 0.15) is 5.82 Å². The van der Waals surface area contributed by atoms with E-state index in [4.69, 9.17) is 4.74 Å². The van der Waals surface area contributed by atoms with Crippen LogP contribution in [-0.4, -0.2) is 28.0 Å². The van der Waals surface area contributed by atoms with Crippen LogP contribution in [-0.2, 0) is 27.2 Å². The van der Waals surface area contributed by atoms with Gasteiger partial charge in [-0.15, -0.1) is 0 Å². The average molecular weight is 496 g/mol. The van der Waals surface area contributed by atoms with Crippen molar-refractivity contribution in [3.05, 3.63) is 106 Å². The first kappa shape index (κ1) is 24.4. The lowest BCUT2D eigenvalue weighted by Crippen LogP contribution is -2.34. The topological polar surface area (TPSA) is 90.3 Å². The molecule has 0 saturated carbocycles. The van der Waals surface area contributed by atoms with Crippen LogP contribution in [0.4, 0.5) is 0 Å². The van der Waals surface area contributed by atoms with Gasteiger partial charge in [0.25, 0.3) is 11.5 Å². The normalized spacial score (nSPS) is 14.7. The largest absolute Gasteiger partial charge is 0.456 e. The molecule has 0 bridgehead atoms. The Bertz CT molecular complexity index is 1510. The Morgan fingerprint density at radius 3 is 2.62 bits per heavy atom. The van der Waals surface area contributed by atoms with Crippen molar-refractivity contribution in [2.24, 2.45) is 0 Å². The molecule has 1 atom stereocenters. The van der Waals surface area contributed by atoms with Gasteiger partial charge in [0, 0.05) is 6.42 Å². The first-order valence-electron chi connectivity index (χ1n) is 12.6. The second-order valence-electron chi connectivity index (χ2n) is 9.39. The number of carbonyl (C=O) groups is 2. The van der Waals surface area contributed by atoms with Gasteiger partial charge in [-0.2, -0.15) is 0 Å². The van der Waals surface area contributed by atoms with Gasteiger partial charge >= 0.3 is 5.97 Å². The zero-order valence-electron chi connectivity index (χ0n) is 20.8. The fourth-order valence-electron chi connectivity index (χ4n) is 4.88. The zero-order chi connectivity index (χ0) is 25.8. The summed E-state index contributed by atoms with van der Waals surface area (Å²) >= 11 is 0. The monoisotopic (exact) mass is 495 g/mol. The van der Waals surface area contributed by atoms with E-state index < -0.39 is 5.97 Å². The number of para-hydroxylation sites is 1. The minimum Gasteiger partial charge on any atom is -0.456 e. The molecular weight excluding hydrogens is 466 g/mol. The van der Waals surface area contributed by atoms with Crippen molar-refractivity contribution in [3.8, 4) is 5.69 Å². The molecule has 5 rings (SSSR count). The summed E-state index contributed by atoms with van der Waals surface area (Å²) in [5.74, 6) is -0.375. The van der Waals surface area contributed by atoms with Gasteiger partial charge in [0.05, 0.1) is 29.1 Å². The third kappa shape index (κ3) is 5.45. The highest BCUT2D eigenvalue weighted by molar-refractivity contribution is 5.81. The van der Waals surface area contributed by atoms with Crippen LogP contribution in [0, 0.1) is 6.92 Å². The quantitative estimate of drug-likeness (QED) is 0.385. The van der Waals surface area contributed by atoms with Crippen molar-refractivity contribution in [2.75, 3.05) is 6.61 Å². The number of esters is 1. The second-order valence-corrected chi connectivity index (χ2v) is 9.39. The first-order valence-corrected chi connectivity index (χ1v) is 12.6. The highest BCUT2D eigenvalue weighted by Crippen LogP contribution is 2.29. The summed E-state index contributed by atoms with van der Waals surface area (Å²) in [4.78, 5) is 43.0. The predicted molar refractivity (Wildman–Crippen MR) is 142 cm³/mol. The lowest BCUT2D eigenvalue weighted by molar-refractivity contribution is -0.148. The number of aryl methyl sites for hydroxylation is 3. The molecule has 188 valence electrons. The van der Waals surface area contributed by atoms with Crippen molar-refractivity contribution >= 4 is 22.8 Å². The van der Waals surface area contributed by atoms with Gasteiger partial charge in [0.15, 0.2) is 6.61 Å². The van der Waals surface area contributed by atoms with Crippen molar-refractivity contribution < 1.29 is 14.3 Å². The molecule has 0 fully saturated rings. The highest BCUT2D eigenvalue weighted by atomic mass is 16.5. The van der Waals surface area contributed by atoms with E-state index >= 15 is 0 Å². The lowest BCUT2D eigenvalue weighted by atomic mass is 9.88. The van der Waals surface area contributed by atoms with Gasteiger partial charge in [0.2, 0.25) is 0 Å². The number of hydrogen-bond donors (Lipinski definition) is 1. The maximum absolute atomic E-state index is 13.3. The molecule has 0 radical (unpaired) electrons. The highest BCUT2D eigenvalue weighted by Gasteiger charge is 2.22. The predicted octanol–water partition coefficient (Wildman–Crippen LogP) is 4.36. The molecule has 37 heavy (non-hydrogen) atoms. The van der Waals surface area contributed by atoms with Crippen LogP contribution >= 0.6 is 0 Å². The van der Waals surface area contributed by atoms with Gasteiger partial charge < -0.3 is 10.1 Å². The van der Waals surface area contributed by atoms with Crippen LogP contribution in [0.1, 0.15) is 47.8 Å². The van der Waals surface area contributed by atoms with Crippen molar-refractivity contribution in [2.45, 2.75) is 45.1 Å². The number of rotatable bonds is 7. The maximum atomic E-state index is 13.3. The molecule has 0 spiro atoms. The van der Waals surface area contributed by atoms with E-state index in [2.05, 4.69) is 16.4 Å². The molecule has 1 aliphatic rings. The van der Waals surface area contributed by atoms with Crippen molar-refractivity contribution in [1.29, 1.82) is 0 Å². The Balaban J connectivity index is 1.25. The number of amides is 1. The van der Waals surface area contributed by atoms with Crippen LogP contribution in [0.5, 0.6) is 0 Å². The molecular formula is C30H29N3O4. The summed E-state index contributed by atoms with van der Waals surface area (Å²) in [5, 5.41) is 3.50. The summed E-state index contributed by atoms with van der Waals surface area (Å²) in [6.45, 7) is 1.64. The Hall–Kier alpha value is -4.26. The molecule has 4 aromatic rings. The van der Waals surface area contributed by atoms with Crippen LogP contribution in [0.25, 0.3) is 16.6 Å². The van der Waals surface area contributed by atoms with Crippen LogP contribution < -0.4 is 10.9 Å². The number of nitrogens with one attached hydrogen (secondary N) is 1. The summed E-state index contributed by atoms with van der Waals surface area (Å²) in [6, 6.07) is 22.8. The standard InChI is InChI=1S/C30H29N3O4/c1-20-13-15-22(16-14-20)33-27(31-26-11-5-4-10-24(26)30(33)36)17-18-29(35)37-19-28(34)32-25-12-6-8-21-7-2-3-9-23(21)25/h2-5,7,9-11,13-16,25H,6,8,12,17-19H2,1H3,(H,32,34)/t25-/m1/s1. The van der Waals surface area contributed by atoms with E-state index in [0.717, 1.165) is 30.4 Å². The summed E-state index contributed by atoms with van der Waals surface area (Å²) in [7, 11) is 0. The number of benzene rings is 3. The van der Waals surface area contributed by atoms with Gasteiger partial charge in [-0.1, -0.05) is 54.1 Å². The molecule has 0 saturated heterocycles. The number of hydrogen-bond acceptors (Lipinski definition) is 5. The van der Waals surface area contributed by atoms with E-state index in [0.29, 0.717) is 22.4 Å². The summed E-state index contributed by atoms with van der Waals surface area (Å²) in [6.07, 6.45) is 3.07. The SMILES string of the molecule is Cc1ccc(-n2c(CCC(=O)OCC(=O)N[C@@H]3CCCc4ccccc43)nc3ccccc3c2=O)cc1. The molecule has 7 nitrogen and oxygen atoms in total. The Morgan fingerprint density at radius 1 is 1.03 bits per heavy atom. The maximum Gasteiger partial charge on any atom is 0.306 e. The Labute approximate surface area is 215 Å². The number of nitrogens with zero attached hydrogens (tertiary/aromatic N) is 2. The third-order valence-electron chi connectivity index (χ3n) is 6.76. The van der Waals surface area contributed by atoms with Crippen molar-refractivity contribution in [1.82, 2.24) is 14.9 Å². The number of ether oxygens (including phenoxy) is 1. The second kappa shape index (κ2) is 10.8. The number of carbonyl (C=O) groups excluding carboxylic acids is 2. The Morgan fingerprint density at radius 2 is 1.78 bits per heavy atom. The van der Waals surface area contributed by atoms with E-state index in [1.165, 1.54) is 5.56 Å². The van der Waals surface area contributed by atoms with Crippen LogP contribution in [0.3, 0.4) is 0 Å².